The van der Waals surface area contributed by atoms with Gasteiger partial charge in [0.2, 0.25) is 0 Å². The Morgan fingerprint density at radius 2 is 2.00 bits per heavy atom. The highest BCUT2D eigenvalue weighted by Gasteiger charge is 2.22. The summed E-state index contributed by atoms with van der Waals surface area (Å²) >= 11 is 0. The van der Waals surface area contributed by atoms with Crippen molar-refractivity contribution < 1.29 is 13.9 Å². The summed E-state index contributed by atoms with van der Waals surface area (Å²) in [6, 6.07) is 5.92. The number of esters is 1. The maximum Gasteiger partial charge on any atom is 0.318 e. The van der Waals surface area contributed by atoms with Gasteiger partial charge in [-0.05, 0) is 30.2 Å². The van der Waals surface area contributed by atoms with Crippen molar-refractivity contribution in [2.75, 3.05) is 0 Å². The molecule has 72 valence electrons. The first-order valence-corrected chi connectivity index (χ1v) is 4.38. The molecular formula is C11H9FO2. The summed E-state index contributed by atoms with van der Waals surface area (Å²) in [5.41, 5.74) is 0.792. The predicted octanol–water partition coefficient (Wildman–Crippen LogP) is 2.37. The Morgan fingerprint density at radius 3 is 2.64 bits per heavy atom. The van der Waals surface area contributed by atoms with E-state index in [0.29, 0.717) is 6.42 Å². The second-order valence-corrected chi connectivity index (χ2v) is 3.15. The van der Waals surface area contributed by atoms with E-state index in [9.17, 15) is 9.18 Å². The van der Waals surface area contributed by atoms with Crippen LogP contribution in [-0.4, -0.2) is 5.97 Å². The lowest BCUT2D eigenvalue weighted by atomic mass is 9.95. The Labute approximate surface area is 81.0 Å². The molecular weight excluding hydrogens is 183 g/mol. The first-order chi connectivity index (χ1) is 6.77. The lowest BCUT2D eigenvalue weighted by molar-refractivity contribution is -0.140. The molecule has 2 rings (SSSR count). The Kier molecular flexibility index (Phi) is 2.31. The van der Waals surface area contributed by atoms with Gasteiger partial charge < -0.3 is 4.74 Å². The second-order valence-electron chi connectivity index (χ2n) is 3.15. The molecule has 0 saturated carbocycles. The summed E-state index contributed by atoms with van der Waals surface area (Å²) in [6.07, 6.45) is 3.79. The van der Waals surface area contributed by atoms with Gasteiger partial charge in [-0.2, -0.15) is 0 Å². The lowest BCUT2D eigenvalue weighted by Gasteiger charge is -2.16. The fourth-order valence-corrected chi connectivity index (χ4v) is 1.45. The summed E-state index contributed by atoms with van der Waals surface area (Å²) in [4.78, 5) is 11.3. The largest absolute Gasteiger partial charge is 0.434 e. The second kappa shape index (κ2) is 3.62. The Balaban J connectivity index is 2.26. The van der Waals surface area contributed by atoms with Crippen molar-refractivity contribution in [3.8, 4) is 0 Å². The number of cyclic esters (lactones) is 1. The number of rotatable bonds is 1. The van der Waals surface area contributed by atoms with Crippen molar-refractivity contribution in [1.82, 2.24) is 0 Å². The summed E-state index contributed by atoms with van der Waals surface area (Å²) in [7, 11) is 0. The van der Waals surface area contributed by atoms with Gasteiger partial charge in [-0.3, -0.25) is 4.79 Å². The zero-order valence-corrected chi connectivity index (χ0v) is 7.44. The van der Waals surface area contributed by atoms with Crippen LogP contribution in [0, 0.1) is 5.82 Å². The third-order valence-corrected chi connectivity index (χ3v) is 2.21. The quantitative estimate of drug-likeness (QED) is 0.638. The van der Waals surface area contributed by atoms with Crippen LogP contribution in [0.15, 0.2) is 36.6 Å². The summed E-state index contributed by atoms with van der Waals surface area (Å²) in [5.74, 6) is -0.867. The number of ether oxygens (including phenoxy) is 1. The molecule has 1 heterocycles. The van der Waals surface area contributed by atoms with E-state index in [2.05, 4.69) is 0 Å². The van der Waals surface area contributed by atoms with Gasteiger partial charge in [-0.1, -0.05) is 12.1 Å². The van der Waals surface area contributed by atoms with Crippen LogP contribution in [0.2, 0.25) is 0 Å². The number of halogens is 1. The third kappa shape index (κ3) is 1.66. The monoisotopic (exact) mass is 192 g/mol. The predicted molar refractivity (Wildman–Crippen MR) is 49.0 cm³/mol. The van der Waals surface area contributed by atoms with Crippen LogP contribution in [0.5, 0.6) is 0 Å². The number of hydrogen-bond acceptors (Lipinski definition) is 2. The van der Waals surface area contributed by atoms with Crippen LogP contribution in [0.4, 0.5) is 4.39 Å². The normalized spacial score (nSPS) is 20.6. The molecule has 0 radical (unpaired) electrons. The van der Waals surface area contributed by atoms with E-state index in [1.165, 1.54) is 18.4 Å². The van der Waals surface area contributed by atoms with Crippen LogP contribution < -0.4 is 0 Å². The van der Waals surface area contributed by atoms with Crippen LogP contribution >= 0.6 is 0 Å². The van der Waals surface area contributed by atoms with E-state index in [-0.39, 0.29) is 17.7 Å². The standard InChI is InChI=1S/C11H9FO2/c12-9-5-3-8(4-6-9)10-2-1-7-14-11(10)13/h1,3-7,10H,2H2. The van der Waals surface area contributed by atoms with E-state index in [0.717, 1.165) is 5.56 Å². The molecule has 1 unspecified atom stereocenters. The van der Waals surface area contributed by atoms with Gasteiger partial charge in [-0.15, -0.1) is 0 Å². The zero-order chi connectivity index (χ0) is 9.97. The Morgan fingerprint density at radius 1 is 1.29 bits per heavy atom. The highest BCUT2D eigenvalue weighted by atomic mass is 19.1. The van der Waals surface area contributed by atoms with Crippen molar-refractivity contribution in [1.29, 1.82) is 0 Å². The molecule has 1 aromatic rings. The molecule has 0 saturated heterocycles. The molecule has 0 spiro atoms. The lowest BCUT2D eigenvalue weighted by Crippen LogP contribution is -2.16. The first-order valence-electron chi connectivity index (χ1n) is 4.38. The van der Waals surface area contributed by atoms with Gasteiger partial charge in [0.15, 0.2) is 0 Å². The van der Waals surface area contributed by atoms with E-state index < -0.39 is 0 Å². The van der Waals surface area contributed by atoms with E-state index in [1.807, 2.05) is 0 Å². The van der Waals surface area contributed by atoms with Gasteiger partial charge in [0.1, 0.15) is 5.82 Å². The molecule has 14 heavy (non-hydrogen) atoms. The first kappa shape index (κ1) is 8.94. The third-order valence-electron chi connectivity index (χ3n) is 2.21. The molecule has 2 nitrogen and oxygen atoms in total. The Hall–Kier alpha value is -1.64. The molecule has 1 atom stereocenters. The minimum Gasteiger partial charge on any atom is -0.434 e. The molecule has 1 aliphatic rings. The molecule has 0 bridgehead atoms. The average Bonchev–Trinajstić information content (AvgIpc) is 2.20. The van der Waals surface area contributed by atoms with E-state index in [4.69, 9.17) is 4.74 Å². The van der Waals surface area contributed by atoms with Gasteiger partial charge >= 0.3 is 5.97 Å². The minimum absolute atomic E-state index is 0.279. The van der Waals surface area contributed by atoms with Gasteiger partial charge in [0, 0.05) is 0 Å². The van der Waals surface area contributed by atoms with Gasteiger partial charge in [0.05, 0.1) is 12.2 Å². The molecule has 0 N–H and O–H groups in total. The highest BCUT2D eigenvalue weighted by molar-refractivity contribution is 5.79. The van der Waals surface area contributed by atoms with E-state index >= 15 is 0 Å². The van der Waals surface area contributed by atoms with Crippen LogP contribution in [0.1, 0.15) is 17.9 Å². The van der Waals surface area contributed by atoms with Crippen molar-refractivity contribution in [3.05, 3.63) is 48.0 Å². The smallest absolute Gasteiger partial charge is 0.318 e. The average molecular weight is 192 g/mol. The van der Waals surface area contributed by atoms with Gasteiger partial charge in [0.25, 0.3) is 0 Å². The molecule has 1 aliphatic heterocycles. The SMILES string of the molecule is O=C1OC=CCC1c1ccc(F)cc1. The number of carbonyl (C=O) groups excluding carboxylic acids is 1. The topological polar surface area (TPSA) is 26.3 Å². The number of allylic oxidation sites excluding steroid dienone is 1. The van der Waals surface area contributed by atoms with Crippen LogP contribution in [0.3, 0.4) is 0 Å². The Bertz CT molecular complexity index is 367. The maximum absolute atomic E-state index is 12.6. The van der Waals surface area contributed by atoms with Crippen LogP contribution in [-0.2, 0) is 9.53 Å². The number of benzene rings is 1. The molecule has 3 heteroatoms. The summed E-state index contributed by atoms with van der Waals surface area (Å²) in [5, 5.41) is 0. The molecule has 0 fully saturated rings. The summed E-state index contributed by atoms with van der Waals surface area (Å²) in [6.45, 7) is 0. The minimum atomic E-state index is -0.298. The van der Waals surface area contributed by atoms with Crippen molar-refractivity contribution in [3.63, 3.8) is 0 Å². The number of hydrogen-bond donors (Lipinski definition) is 0. The van der Waals surface area contributed by atoms with Gasteiger partial charge in [-0.25, -0.2) is 4.39 Å². The highest BCUT2D eigenvalue weighted by Crippen LogP contribution is 2.24. The molecule has 0 aliphatic carbocycles. The fraction of sp³-hybridized carbons (Fsp3) is 0.182. The van der Waals surface area contributed by atoms with Crippen molar-refractivity contribution in [2.24, 2.45) is 0 Å². The maximum atomic E-state index is 12.6. The zero-order valence-electron chi connectivity index (χ0n) is 7.44. The summed E-state index contributed by atoms with van der Waals surface area (Å²) < 4.78 is 17.4. The van der Waals surface area contributed by atoms with Crippen molar-refractivity contribution in [2.45, 2.75) is 12.3 Å². The van der Waals surface area contributed by atoms with Crippen LogP contribution in [0.25, 0.3) is 0 Å². The van der Waals surface area contributed by atoms with E-state index in [1.54, 1.807) is 18.2 Å². The molecule has 1 aromatic carbocycles. The number of carbonyl (C=O) groups is 1. The molecule has 0 amide bonds. The van der Waals surface area contributed by atoms with Crippen molar-refractivity contribution >= 4 is 5.97 Å². The molecule has 0 aromatic heterocycles. The fourth-order valence-electron chi connectivity index (χ4n) is 1.45.